The summed E-state index contributed by atoms with van der Waals surface area (Å²) in [6.45, 7) is 4.35. The minimum atomic E-state index is -0.554. The lowest BCUT2D eigenvalue weighted by Crippen LogP contribution is -2.16. The van der Waals surface area contributed by atoms with Gasteiger partial charge in [-0.1, -0.05) is 0 Å². The summed E-state index contributed by atoms with van der Waals surface area (Å²) in [6.07, 6.45) is 2.73. The molecule has 7 heteroatoms. The van der Waals surface area contributed by atoms with Crippen molar-refractivity contribution < 1.29 is 9.18 Å². The van der Waals surface area contributed by atoms with E-state index in [0.717, 1.165) is 17.1 Å². The summed E-state index contributed by atoms with van der Waals surface area (Å²) >= 11 is 1.36. The second kappa shape index (κ2) is 5.75. The minimum absolute atomic E-state index is 0.162. The molecule has 2 N–H and O–H groups in total. The average Bonchev–Trinajstić information content (AvgIpc) is 2.77. The highest BCUT2D eigenvalue weighted by Crippen LogP contribution is 2.20. The Labute approximate surface area is 113 Å². The third-order valence-corrected chi connectivity index (χ3v) is 3.11. The summed E-state index contributed by atoms with van der Waals surface area (Å²) in [5.41, 5.74) is 0.162. The van der Waals surface area contributed by atoms with E-state index >= 15 is 0 Å². The largest absolute Gasteiger partial charge is 0.370 e. The molecule has 2 aromatic heterocycles. The van der Waals surface area contributed by atoms with Gasteiger partial charge in [-0.3, -0.25) is 10.1 Å². The Bertz CT molecular complexity index is 599. The van der Waals surface area contributed by atoms with Crippen LogP contribution in [0.25, 0.3) is 0 Å². The van der Waals surface area contributed by atoms with Crippen LogP contribution in [-0.4, -0.2) is 22.4 Å². The van der Waals surface area contributed by atoms with E-state index in [1.54, 1.807) is 6.20 Å². The topological polar surface area (TPSA) is 66.9 Å². The van der Waals surface area contributed by atoms with Crippen molar-refractivity contribution in [3.8, 4) is 0 Å². The van der Waals surface area contributed by atoms with Crippen molar-refractivity contribution >= 4 is 28.2 Å². The van der Waals surface area contributed by atoms with Gasteiger partial charge in [0.1, 0.15) is 11.6 Å². The number of rotatable bonds is 4. The maximum Gasteiger partial charge on any atom is 0.261 e. The fourth-order valence-electron chi connectivity index (χ4n) is 1.50. The molecule has 0 bridgehead atoms. The normalized spacial score (nSPS) is 10.3. The van der Waals surface area contributed by atoms with E-state index in [-0.39, 0.29) is 5.56 Å². The third kappa shape index (κ3) is 3.25. The average molecular weight is 280 g/mol. The highest BCUT2D eigenvalue weighted by atomic mass is 32.1. The number of aromatic nitrogens is 2. The fourth-order valence-corrected chi connectivity index (χ4v) is 2.16. The first-order valence-electron chi connectivity index (χ1n) is 5.73. The second-order valence-electron chi connectivity index (χ2n) is 3.81. The number of carbonyl (C=O) groups excluding carboxylic acids is 1. The van der Waals surface area contributed by atoms with E-state index < -0.39 is 11.7 Å². The molecule has 0 saturated carbocycles. The highest BCUT2D eigenvalue weighted by Gasteiger charge is 2.15. The van der Waals surface area contributed by atoms with Gasteiger partial charge in [0.2, 0.25) is 0 Å². The maximum atomic E-state index is 13.2. The SMILES string of the molecule is CCNc1ncc(F)cc1C(=O)Nc1ncc(C)s1. The number of nitrogens with zero attached hydrogens (tertiary/aromatic N) is 2. The lowest BCUT2D eigenvalue weighted by Gasteiger charge is -2.08. The monoisotopic (exact) mass is 280 g/mol. The molecule has 0 fully saturated rings. The number of anilines is 2. The predicted octanol–water partition coefficient (Wildman–Crippen LogP) is 2.67. The zero-order chi connectivity index (χ0) is 13.8. The van der Waals surface area contributed by atoms with Crippen molar-refractivity contribution in [2.75, 3.05) is 17.2 Å². The van der Waals surface area contributed by atoms with Crippen LogP contribution in [0.1, 0.15) is 22.2 Å². The van der Waals surface area contributed by atoms with Crippen LogP contribution in [0, 0.1) is 12.7 Å². The Hall–Kier alpha value is -2.02. The smallest absolute Gasteiger partial charge is 0.261 e. The molecule has 0 aliphatic carbocycles. The summed E-state index contributed by atoms with van der Waals surface area (Å²) in [5.74, 6) is -0.630. The van der Waals surface area contributed by atoms with Crippen LogP contribution in [0.15, 0.2) is 18.5 Å². The van der Waals surface area contributed by atoms with Crippen LogP contribution in [0.5, 0.6) is 0 Å². The number of amides is 1. The van der Waals surface area contributed by atoms with E-state index in [0.29, 0.717) is 17.5 Å². The Morgan fingerprint density at radius 1 is 1.42 bits per heavy atom. The number of carbonyl (C=O) groups is 1. The summed E-state index contributed by atoms with van der Waals surface area (Å²) in [7, 11) is 0. The zero-order valence-electron chi connectivity index (χ0n) is 10.5. The Morgan fingerprint density at radius 2 is 2.21 bits per heavy atom. The molecule has 1 amide bonds. The minimum Gasteiger partial charge on any atom is -0.370 e. The van der Waals surface area contributed by atoms with Crippen LogP contribution >= 0.6 is 11.3 Å². The lowest BCUT2D eigenvalue weighted by atomic mass is 10.2. The molecule has 100 valence electrons. The van der Waals surface area contributed by atoms with Crippen molar-refractivity contribution in [3.05, 3.63) is 34.7 Å². The number of hydrogen-bond acceptors (Lipinski definition) is 5. The van der Waals surface area contributed by atoms with E-state index in [1.807, 2.05) is 13.8 Å². The molecule has 0 spiro atoms. The molecule has 0 aliphatic heterocycles. The van der Waals surface area contributed by atoms with Gasteiger partial charge in [-0.15, -0.1) is 11.3 Å². The molecule has 5 nitrogen and oxygen atoms in total. The Morgan fingerprint density at radius 3 is 2.84 bits per heavy atom. The van der Waals surface area contributed by atoms with Gasteiger partial charge < -0.3 is 5.32 Å². The van der Waals surface area contributed by atoms with Crippen molar-refractivity contribution in [2.45, 2.75) is 13.8 Å². The van der Waals surface area contributed by atoms with E-state index in [1.165, 1.54) is 11.3 Å². The van der Waals surface area contributed by atoms with Gasteiger partial charge in [-0.25, -0.2) is 14.4 Å². The number of hydrogen-bond donors (Lipinski definition) is 2. The van der Waals surface area contributed by atoms with E-state index in [9.17, 15) is 9.18 Å². The van der Waals surface area contributed by atoms with E-state index in [4.69, 9.17) is 0 Å². The van der Waals surface area contributed by atoms with Crippen molar-refractivity contribution in [3.63, 3.8) is 0 Å². The van der Waals surface area contributed by atoms with Crippen molar-refractivity contribution in [1.82, 2.24) is 9.97 Å². The van der Waals surface area contributed by atoms with Crippen LogP contribution in [0.2, 0.25) is 0 Å². The van der Waals surface area contributed by atoms with Gasteiger partial charge in [0.05, 0.1) is 11.8 Å². The summed E-state index contributed by atoms with van der Waals surface area (Å²) in [4.78, 5) is 21.0. The predicted molar refractivity (Wildman–Crippen MR) is 73.2 cm³/mol. The lowest BCUT2D eigenvalue weighted by molar-refractivity contribution is 0.102. The molecule has 0 radical (unpaired) electrons. The second-order valence-corrected chi connectivity index (χ2v) is 5.04. The van der Waals surface area contributed by atoms with Gasteiger partial charge in [0.25, 0.3) is 5.91 Å². The standard InChI is InChI=1S/C12H13FN4OS/c1-3-14-10-9(4-8(13)6-15-10)11(18)17-12-16-5-7(2)19-12/h4-6H,3H2,1-2H3,(H,14,15)(H,16,17,18). The van der Waals surface area contributed by atoms with Gasteiger partial charge in [-0.05, 0) is 19.9 Å². The van der Waals surface area contributed by atoms with Gasteiger partial charge in [0.15, 0.2) is 5.13 Å². The molecule has 2 heterocycles. The number of aryl methyl sites for hydroxylation is 1. The third-order valence-electron chi connectivity index (χ3n) is 2.28. The number of thiazole rings is 1. The molecule has 0 aliphatic rings. The first-order valence-corrected chi connectivity index (χ1v) is 6.55. The van der Waals surface area contributed by atoms with Crippen molar-refractivity contribution in [1.29, 1.82) is 0 Å². The van der Waals surface area contributed by atoms with Gasteiger partial charge >= 0.3 is 0 Å². The molecule has 0 atom stereocenters. The summed E-state index contributed by atoms with van der Waals surface area (Å²) in [6, 6.07) is 1.15. The van der Waals surface area contributed by atoms with Crippen LogP contribution in [0.4, 0.5) is 15.3 Å². The quantitative estimate of drug-likeness (QED) is 0.903. The molecule has 2 rings (SSSR count). The maximum absolute atomic E-state index is 13.2. The number of nitrogens with one attached hydrogen (secondary N) is 2. The fraction of sp³-hybridized carbons (Fsp3) is 0.250. The Balaban J connectivity index is 2.24. The Kier molecular flexibility index (Phi) is 4.06. The summed E-state index contributed by atoms with van der Waals surface area (Å²) in [5, 5.41) is 6.03. The van der Waals surface area contributed by atoms with Crippen LogP contribution in [0.3, 0.4) is 0 Å². The highest BCUT2D eigenvalue weighted by molar-refractivity contribution is 7.15. The number of halogens is 1. The molecule has 0 saturated heterocycles. The summed E-state index contributed by atoms with van der Waals surface area (Å²) < 4.78 is 13.2. The molecule has 0 unspecified atom stereocenters. The van der Waals surface area contributed by atoms with E-state index in [2.05, 4.69) is 20.6 Å². The van der Waals surface area contributed by atoms with Crippen molar-refractivity contribution in [2.24, 2.45) is 0 Å². The number of pyridine rings is 1. The van der Waals surface area contributed by atoms with Crippen LogP contribution in [-0.2, 0) is 0 Å². The van der Waals surface area contributed by atoms with Crippen LogP contribution < -0.4 is 10.6 Å². The first kappa shape index (κ1) is 13.4. The molecular weight excluding hydrogens is 267 g/mol. The van der Waals surface area contributed by atoms with Gasteiger partial charge in [0, 0.05) is 17.6 Å². The van der Waals surface area contributed by atoms with Gasteiger partial charge in [-0.2, -0.15) is 0 Å². The molecule has 2 aromatic rings. The first-order chi connectivity index (χ1) is 9.10. The molecular formula is C12H13FN4OS. The molecule has 19 heavy (non-hydrogen) atoms. The zero-order valence-corrected chi connectivity index (χ0v) is 11.3. The molecule has 0 aromatic carbocycles.